The summed E-state index contributed by atoms with van der Waals surface area (Å²) >= 11 is 1.61. The molecule has 0 aliphatic heterocycles. The second-order valence-electron chi connectivity index (χ2n) is 5.07. The Labute approximate surface area is 122 Å². The van der Waals surface area contributed by atoms with Gasteiger partial charge in [0.1, 0.15) is 0 Å². The van der Waals surface area contributed by atoms with Crippen molar-refractivity contribution in [1.82, 2.24) is 0 Å². The highest BCUT2D eigenvalue weighted by Gasteiger charge is 2.41. The number of thioether (sulfide) groups is 1. The Morgan fingerprint density at radius 3 is 2.25 bits per heavy atom. The molecular formula is C15H18O4S. The van der Waals surface area contributed by atoms with Gasteiger partial charge in [-0.1, -0.05) is 31.0 Å². The average Bonchev–Trinajstić information content (AvgIpc) is 2.41. The van der Waals surface area contributed by atoms with E-state index < -0.39 is 17.9 Å². The van der Waals surface area contributed by atoms with E-state index in [1.54, 1.807) is 11.8 Å². The quantitative estimate of drug-likeness (QED) is 0.816. The number of rotatable bonds is 5. The number of carbonyl (C=O) groups is 2. The van der Waals surface area contributed by atoms with E-state index in [1.165, 1.54) is 0 Å². The van der Waals surface area contributed by atoms with Gasteiger partial charge in [-0.05, 0) is 30.9 Å². The molecule has 0 saturated heterocycles. The molecule has 0 amide bonds. The van der Waals surface area contributed by atoms with Crippen LogP contribution in [0.25, 0.3) is 0 Å². The largest absolute Gasteiger partial charge is 0.481 e. The second-order valence-corrected chi connectivity index (χ2v) is 6.38. The van der Waals surface area contributed by atoms with Gasteiger partial charge in [0.25, 0.3) is 0 Å². The summed E-state index contributed by atoms with van der Waals surface area (Å²) in [5.74, 6) is -4.04. The molecule has 1 aliphatic rings. The first-order chi connectivity index (χ1) is 9.59. The number of hydrogen-bond acceptors (Lipinski definition) is 3. The maximum absolute atomic E-state index is 11.2. The van der Waals surface area contributed by atoms with Crippen LogP contribution in [0, 0.1) is 11.8 Å². The van der Waals surface area contributed by atoms with Crippen LogP contribution in [0.3, 0.4) is 0 Å². The molecule has 1 aromatic rings. The molecule has 20 heavy (non-hydrogen) atoms. The van der Waals surface area contributed by atoms with Crippen molar-refractivity contribution in [1.29, 1.82) is 0 Å². The number of carboxylic acids is 2. The predicted octanol–water partition coefficient (Wildman–Crippen LogP) is 3.12. The van der Waals surface area contributed by atoms with Gasteiger partial charge in [0.15, 0.2) is 5.92 Å². The fourth-order valence-electron chi connectivity index (χ4n) is 2.80. The van der Waals surface area contributed by atoms with Crippen LogP contribution >= 0.6 is 11.8 Å². The summed E-state index contributed by atoms with van der Waals surface area (Å²) in [6.45, 7) is 0. The first kappa shape index (κ1) is 14.9. The van der Waals surface area contributed by atoms with Gasteiger partial charge in [0.2, 0.25) is 0 Å². The van der Waals surface area contributed by atoms with Gasteiger partial charge in [-0.3, -0.25) is 9.59 Å². The fraction of sp³-hybridized carbons (Fsp3) is 0.467. The summed E-state index contributed by atoms with van der Waals surface area (Å²) in [7, 11) is 0. The zero-order valence-corrected chi connectivity index (χ0v) is 11.9. The SMILES string of the molecule is O=C(O)C(C(=O)O)C1CCCCC1Sc1ccccc1. The molecule has 0 spiro atoms. The summed E-state index contributed by atoms with van der Waals surface area (Å²) < 4.78 is 0. The normalized spacial score (nSPS) is 22.6. The summed E-state index contributed by atoms with van der Waals surface area (Å²) in [4.78, 5) is 23.6. The Morgan fingerprint density at radius 1 is 1.05 bits per heavy atom. The van der Waals surface area contributed by atoms with E-state index in [2.05, 4.69) is 0 Å². The molecule has 4 nitrogen and oxygen atoms in total. The van der Waals surface area contributed by atoms with Crippen LogP contribution in [0.5, 0.6) is 0 Å². The Hall–Kier alpha value is -1.49. The Bertz CT molecular complexity index is 460. The predicted molar refractivity (Wildman–Crippen MR) is 76.8 cm³/mol. The minimum atomic E-state index is -1.29. The van der Waals surface area contributed by atoms with Crippen molar-refractivity contribution in [3.8, 4) is 0 Å². The summed E-state index contributed by atoms with van der Waals surface area (Å²) in [6.07, 6.45) is 3.50. The molecule has 2 N–H and O–H groups in total. The Balaban J connectivity index is 2.16. The van der Waals surface area contributed by atoms with E-state index in [4.69, 9.17) is 0 Å². The third kappa shape index (κ3) is 3.54. The topological polar surface area (TPSA) is 74.6 Å². The highest BCUT2D eigenvalue weighted by Crippen LogP contribution is 2.41. The molecule has 0 radical (unpaired) electrons. The van der Waals surface area contributed by atoms with Crippen LogP contribution in [0.15, 0.2) is 35.2 Å². The zero-order chi connectivity index (χ0) is 14.5. The molecule has 2 rings (SSSR count). The number of carboxylic acid groups (broad SMARTS) is 2. The third-order valence-electron chi connectivity index (χ3n) is 3.74. The van der Waals surface area contributed by atoms with Gasteiger partial charge in [0.05, 0.1) is 0 Å². The van der Waals surface area contributed by atoms with Crippen LogP contribution < -0.4 is 0 Å². The van der Waals surface area contributed by atoms with Crippen molar-refractivity contribution in [2.75, 3.05) is 0 Å². The molecule has 2 atom stereocenters. The lowest BCUT2D eigenvalue weighted by molar-refractivity contribution is -0.157. The first-order valence-electron chi connectivity index (χ1n) is 6.77. The second kappa shape index (κ2) is 6.79. The molecule has 108 valence electrons. The average molecular weight is 294 g/mol. The Kier molecular flexibility index (Phi) is 5.06. The molecule has 0 heterocycles. The molecule has 0 aromatic heterocycles. The first-order valence-corrected chi connectivity index (χ1v) is 7.65. The highest BCUT2D eigenvalue weighted by atomic mass is 32.2. The lowest BCUT2D eigenvalue weighted by Gasteiger charge is -2.33. The summed E-state index contributed by atoms with van der Waals surface area (Å²) in [5.41, 5.74) is 0. The van der Waals surface area contributed by atoms with Crippen molar-refractivity contribution in [3.63, 3.8) is 0 Å². The Morgan fingerprint density at radius 2 is 1.65 bits per heavy atom. The summed E-state index contributed by atoms with van der Waals surface area (Å²) in [5, 5.41) is 18.4. The molecular weight excluding hydrogens is 276 g/mol. The number of aliphatic carboxylic acids is 2. The lowest BCUT2D eigenvalue weighted by atomic mass is 9.79. The number of benzene rings is 1. The van der Waals surface area contributed by atoms with Crippen molar-refractivity contribution >= 4 is 23.7 Å². The maximum atomic E-state index is 11.2. The van der Waals surface area contributed by atoms with Gasteiger partial charge >= 0.3 is 11.9 Å². The fourth-order valence-corrected chi connectivity index (χ4v) is 4.22. The smallest absolute Gasteiger partial charge is 0.318 e. The van der Waals surface area contributed by atoms with E-state index in [-0.39, 0.29) is 11.2 Å². The zero-order valence-electron chi connectivity index (χ0n) is 11.1. The van der Waals surface area contributed by atoms with Gasteiger partial charge in [-0.25, -0.2) is 0 Å². The van der Waals surface area contributed by atoms with Crippen molar-refractivity contribution < 1.29 is 19.8 Å². The van der Waals surface area contributed by atoms with Gasteiger partial charge in [0, 0.05) is 10.1 Å². The molecule has 2 unspecified atom stereocenters. The lowest BCUT2D eigenvalue weighted by Crippen LogP contribution is -2.38. The third-order valence-corrected chi connectivity index (χ3v) is 5.18. The number of hydrogen-bond donors (Lipinski definition) is 2. The molecule has 1 aromatic carbocycles. The van der Waals surface area contributed by atoms with Crippen molar-refractivity contribution in [2.45, 2.75) is 35.8 Å². The van der Waals surface area contributed by atoms with Gasteiger partial charge in [-0.15, -0.1) is 11.8 Å². The van der Waals surface area contributed by atoms with E-state index >= 15 is 0 Å². The molecule has 0 bridgehead atoms. The van der Waals surface area contributed by atoms with Crippen molar-refractivity contribution in [2.24, 2.45) is 11.8 Å². The monoisotopic (exact) mass is 294 g/mol. The molecule has 1 fully saturated rings. The minimum absolute atomic E-state index is 0.0587. The van der Waals surface area contributed by atoms with E-state index in [0.717, 1.165) is 24.2 Å². The molecule has 5 heteroatoms. The van der Waals surface area contributed by atoms with Crippen molar-refractivity contribution in [3.05, 3.63) is 30.3 Å². The van der Waals surface area contributed by atoms with Crippen LogP contribution in [0.2, 0.25) is 0 Å². The van der Waals surface area contributed by atoms with E-state index in [9.17, 15) is 19.8 Å². The van der Waals surface area contributed by atoms with Gasteiger partial charge < -0.3 is 10.2 Å². The van der Waals surface area contributed by atoms with Crippen LogP contribution in [-0.4, -0.2) is 27.4 Å². The minimum Gasteiger partial charge on any atom is -0.481 e. The maximum Gasteiger partial charge on any atom is 0.318 e. The molecule has 1 saturated carbocycles. The van der Waals surface area contributed by atoms with Crippen LogP contribution in [0.1, 0.15) is 25.7 Å². The van der Waals surface area contributed by atoms with Gasteiger partial charge in [-0.2, -0.15) is 0 Å². The molecule has 1 aliphatic carbocycles. The van der Waals surface area contributed by atoms with E-state index in [0.29, 0.717) is 6.42 Å². The van der Waals surface area contributed by atoms with E-state index in [1.807, 2.05) is 30.3 Å². The summed E-state index contributed by atoms with van der Waals surface area (Å²) in [6, 6.07) is 9.76. The van der Waals surface area contributed by atoms with Crippen LogP contribution in [0.4, 0.5) is 0 Å². The van der Waals surface area contributed by atoms with Crippen LogP contribution in [-0.2, 0) is 9.59 Å². The highest BCUT2D eigenvalue weighted by molar-refractivity contribution is 8.00. The standard InChI is InChI=1S/C15H18O4S/c16-14(17)13(15(18)19)11-8-4-5-9-12(11)20-10-6-2-1-3-7-10/h1-3,6-7,11-13H,4-5,8-9H2,(H,16,17)(H,18,19).